The number of Topliss-reactive ketones (excluding diaryl/α,β-unsaturated/α-hetero) is 1. The number of hydrogen-bond acceptors (Lipinski definition) is 3. The van der Waals surface area contributed by atoms with Crippen molar-refractivity contribution in [3.8, 4) is 0 Å². The molecule has 0 spiro atoms. The normalized spacial score (nSPS) is 10.3. The number of rotatable bonds is 3. The molecule has 0 fully saturated rings. The first kappa shape index (κ1) is 13.6. The molecule has 3 nitrogen and oxygen atoms in total. The molecule has 0 aliphatic heterocycles. The van der Waals surface area contributed by atoms with E-state index in [1.807, 2.05) is 31.2 Å². The zero-order valence-corrected chi connectivity index (χ0v) is 12.4. The Labute approximate surface area is 121 Å². The van der Waals surface area contributed by atoms with Crippen LogP contribution in [0.3, 0.4) is 0 Å². The third-order valence-corrected chi connectivity index (χ3v) is 3.75. The number of nitrogens with one attached hydrogen (secondary N) is 1. The van der Waals surface area contributed by atoms with E-state index in [2.05, 4.69) is 21.2 Å². The van der Waals surface area contributed by atoms with E-state index in [9.17, 15) is 4.79 Å². The van der Waals surface area contributed by atoms with E-state index in [4.69, 9.17) is 5.73 Å². The van der Waals surface area contributed by atoms with Crippen LogP contribution >= 0.6 is 15.9 Å². The molecule has 3 N–H and O–H groups in total. The summed E-state index contributed by atoms with van der Waals surface area (Å²) in [5.74, 6) is -0.0359. The molecule has 0 saturated carbocycles. The minimum atomic E-state index is -0.0359. The van der Waals surface area contributed by atoms with Crippen LogP contribution in [0.1, 0.15) is 22.8 Å². The van der Waals surface area contributed by atoms with Crippen LogP contribution in [0.15, 0.2) is 40.9 Å². The molecule has 0 aliphatic carbocycles. The number of anilines is 3. The van der Waals surface area contributed by atoms with Gasteiger partial charge in [0.15, 0.2) is 5.78 Å². The van der Waals surface area contributed by atoms with E-state index in [-0.39, 0.29) is 5.78 Å². The quantitative estimate of drug-likeness (QED) is 0.655. The number of carbonyl (C=O) groups is 1. The molecule has 0 saturated heterocycles. The number of carbonyl (C=O) groups excluding carboxylic acids is 1. The Morgan fingerprint density at radius 3 is 2.42 bits per heavy atom. The fraction of sp³-hybridized carbons (Fsp3) is 0.133. The fourth-order valence-corrected chi connectivity index (χ4v) is 2.16. The van der Waals surface area contributed by atoms with E-state index in [0.29, 0.717) is 11.3 Å². The molecule has 4 heteroatoms. The average molecular weight is 319 g/mol. The van der Waals surface area contributed by atoms with Gasteiger partial charge in [-0.1, -0.05) is 22.0 Å². The van der Waals surface area contributed by atoms with Crippen molar-refractivity contribution in [3.05, 3.63) is 52.0 Å². The molecule has 0 aliphatic rings. The first-order valence-electron chi connectivity index (χ1n) is 5.91. The number of benzene rings is 2. The number of nitrogens with two attached hydrogens (primary N) is 1. The topological polar surface area (TPSA) is 55.1 Å². The first-order valence-corrected chi connectivity index (χ1v) is 6.70. The maximum absolute atomic E-state index is 11.5. The molecule has 0 radical (unpaired) electrons. The Hall–Kier alpha value is -1.81. The second-order valence-corrected chi connectivity index (χ2v) is 5.30. The third kappa shape index (κ3) is 3.15. The zero-order valence-electron chi connectivity index (χ0n) is 10.8. The van der Waals surface area contributed by atoms with Gasteiger partial charge in [0.05, 0.1) is 0 Å². The van der Waals surface area contributed by atoms with Crippen LogP contribution in [0, 0.1) is 6.92 Å². The largest absolute Gasteiger partial charge is 0.398 e. The highest BCUT2D eigenvalue weighted by molar-refractivity contribution is 9.10. The highest BCUT2D eigenvalue weighted by Gasteiger charge is 2.06. The van der Waals surface area contributed by atoms with Gasteiger partial charge in [-0.2, -0.15) is 0 Å². The summed E-state index contributed by atoms with van der Waals surface area (Å²) in [6.07, 6.45) is 0. The van der Waals surface area contributed by atoms with E-state index in [1.165, 1.54) is 12.5 Å². The van der Waals surface area contributed by atoms with Gasteiger partial charge < -0.3 is 11.1 Å². The van der Waals surface area contributed by atoms with Crippen LogP contribution in [0.5, 0.6) is 0 Å². The summed E-state index contributed by atoms with van der Waals surface area (Å²) in [6.45, 7) is 3.54. The lowest BCUT2D eigenvalue weighted by Gasteiger charge is -2.10. The van der Waals surface area contributed by atoms with Gasteiger partial charge in [0.2, 0.25) is 0 Å². The molecule has 0 bridgehead atoms. The second-order valence-electron chi connectivity index (χ2n) is 4.45. The monoisotopic (exact) mass is 318 g/mol. The summed E-state index contributed by atoms with van der Waals surface area (Å²) < 4.78 is 1.04. The summed E-state index contributed by atoms with van der Waals surface area (Å²) in [4.78, 5) is 11.5. The van der Waals surface area contributed by atoms with Gasteiger partial charge in [-0.3, -0.25) is 4.79 Å². The molecule has 2 aromatic carbocycles. The van der Waals surface area contributed by atoms with Gasteiger partial charge >= 0.3 is 0 Å². The van der Waals surface area contributed by atoms with Crippen LogP contribution in [-0.2, 0) is 0 Å². The molecule has 2 rings (SSSR count). The molecule has 0 atom stereocenters. The van der Waals surface area contributed by atoms with E-state index in [0.717, 1.165) is 15.8 Å². The Balaban J connectivity index is 2.30. The summed E-state index contributed by atoms with van der Waals surface area (Å²) in [5.41, 5.74) is 9.78. The van der Waals surface area contributed by atoms with Crippen molar-refractivity contribution in [1.29, 1.82) is 0 Å². The summed E-state index contributed by atoms with van der Waals surface area (Å²) in [6, 6.07) is 11.4. The van der Waals surface area contributed by atoms with Gasteiger partial charge in [-0.05, 0) is 49.7 Å². The predicted molar refractivity (Wildman–Crippen MR) is 83.0 cm³/mol. The standard InChI is InChI=1S/C15H15BrN2O/c1-9-3-4-12(8-14(9)16)18-11-5-6-15(17)13(7-11)10(2)19/h3-8,18H,17H2,1-2H3. The highest BCUT2D eigenvalue weighted by atomic mass is 79.9. The van der Waals surface area contributed by atoms with Gasteiger partial charge in [-0.25, -0.2) is 0 Å². The molecule has 0 unspecified atom stereocenters. The fourth-order valence-electron chi connectivity index (χ4n) is 1.78. The predicted octanol–water partition coefficient (Wildman–Crippen LogP) is 4.29. The van der Waals surface area contributed by atoms with Crippen molar-refractivity contribution in [1.82, 2.24) is 0 Å². The molecule has 0 heterocycles. The van der Waals surface area contributed by atoms with E-state index in [1.54, 1.807) is 12.1 Å². The van der Waals surface area contributed by atoms with Crippen molar-refractivity contribution in [3.63, 3.8) is 0 Å². The minimum absolute atomic E-state index is 0.0359. The Morgan fingerprint density at radius 2 is 1.79 bits per heavy atom. The number of hydrogen-bond donors (Lipinski definition) is 2. The maximum atomic E-state index is 11.5. The smallest absolute Gasteiger partial charge is 0.161 e. The molecular weight excluding hydrogens is 304 g/mol. The molecule has 0 amide bonds. The van der Waals surface area contributed by atoms with Crippen molar-refractivity contribution >= 4 is 38.8 Å². The third-order valence-electron chi connectivity index (χ3n) is 2.89. The van der Waals surface area contributed by atoms with Crippen LogP contribution in [0.2, 0.25) is 0 Å². The molecule has 98 valence electrons. The van der Waals surface area contributed by atoms with Gasteiger partial charge in [-0.15, -0.1) is 0 Å². The van der Waals surface area contributed by atoms with Crippen LogP contribution in [0.4, 0.5) is 17.1 Å². The SMILES string of the molecule is CC(=O)c1cc(Nc2ccc(C)c(Br)c2)ccc1N. The highest BCUT2D eigenvalue weighted by Crippen LogP contribution is 2.25. The number of ketones is 1. The summed E-state index contributed by atoms with van der Waals surface area (Å²) in [7, 11) is 0. The summed E-state index contributed by atoms with van der Waals surface area (Å²) >= 11 is 3.49. The second kappa shape index (κ2) is 5.45. The van der Waals surface area contributed by atoms with Crippen LogP contribution in [0.25, 0.3) is 0 Å². The van der Waals surface area contributed by atoms with E-state index < -0.39 is 0 Å². The Morgan fingerprint density at radius 1 is 1.16 bits per heavy atom. The molecule has 2 aromatic rings. The van der Waals surface area contributed by atoms with Crippen molar-refractivity contribution < 1.29 is 4.79 Å². The Bertz CT molecular complexity index is 638. The minimum Gasteiger partial charge on any atom is -0.398 e. The van der Waals surface area contributed by atoms with Gasteiger partial charge in [0.1, 0.15) is 0 Å². The lowest BCUT2D eigenvalue weighted by atomic mass is 10.1. The van der Waals surface area contributed by atoms with Crippen molar-refractivity contribution in [2.75, 3.05) is 11.1 Å². The van der Waals surface area contributed by atoms with E-state index >= 15 is 0 Å². The maximum Gasteiger partial charge on any atom is 0.161 e. The lowest BCUT2D eigenvalue weighted by molar-refractivity contribution is 0.101. The number of aryl methyl sites for hydroxylation is 1. The molecule has 19 heavy (non-hydrogen) atoms. The Kier molecular flexibility index (Phi) is 3.90. The lowest BCUT2D eigenvalue weighted by Crippen LogP contribution is -2.01. The van der Waals surface area contributed by atoms with Crippen molar-refractivity contribution in [2.24, 2.45) is 0 Å². The zero-order chi connectivity index (χ0) is 14.0. The van der Waals surface area contributed by atoms with Gasteiger partial charge in [0, 0.05) is 27.1 Å². The van der Waals surface area contributed by atoms with Crippen molar-refractivity contribution in [2.45, 2.75) is 13.8 Å². The first-order chi connectivity index (χ1) is 8.97. The molecular formula is C15H15BrN2O. The molecule has 0 aromatic heterocycles. The van der Waals surface area contributed by atoms with Gasteiger partial charge in [0.25, 0.3) is 0 Å². The number of nitrogen functional groups attached to an aromatic ring is 1. The van der Waals surface area contributed by atoms with Crippen LogP contribution < -0.4 is 11.1 Å². The van der Waals surface area contributed by atoms with Crippen LogP contribution in [-0.4, -0.2) is 5.78 Å². The average Bonchev–Trinajstić information content (AvgIpc) is 2.36. The number of halogens is 1. The summed E-state index contributed by atoms with van der Waals surface area (Å²) in [5, 5.41) is 3.26.